The molecule has 0 aromatic heterocycles. The minimum Gasteiger partial charge on any atom is -0.327 e. The molecule has 0 bridgehead atoms. The predicted molar refractivity (Wildman–Crippen MR) is 78.7 cm³/mol. The fourth-order valence-corrected chi connectivity index (χ4v) is 3.50. The van der Waals surface area contributed by atoms with Gasteiger partial charge in [0.15, 0.2) is 0 Å². The highest BCUT2D eigenvalue weighted by Gasteiger charge is 2.24. The Morgan fingerprint density at radius 3 is 2.44 bits per heavy atom. The van der Waals surface area contributed by atoms with Gasteiger partial charge < -0.3 is 5.73 Å². The van der Waals surface area contributed by atoms with E-state index in [1.807, 2.05) is 0 Å². The van der Waals surface area contributed by atoms with E-state index in [2.05, 4.69) is 39.0 Å². The Balaban J connectivity index is 1.99. The lowest BCUT2D eigenvalue weighted by molar-refractivity contribution is 0.245. The second-order valence-corrected chi connectivity index (χ2v) is 6.40. The van der Waals surface area contributed by atoms with Crippen molar-refractivity contribution in [3.8, 4) is 0 Å². The lowest BCUT2D eigenvalue weighted by atomic mass is 9.77. The summed E-state index contributed by atoms with van der Waals surface area (Å²) in [6.45, 7) is 6.71. The van der Waals surface area contributed by atoms with E-state index in [1.54, 1.807) is 0 Å². The van der Waals surface area contributed by atoms with E-state index < -0.39 is 0 Å². The molecule has 1 nitrogen and oxygen atoms in total. The maximum atomic E-state index is 6.44. The summed E-state index contributed by atoms with van der Waals surface area (Å²) in [6, 6.07) is 7.16. The third kappa shape index (κ3) is 3.58. The average Bonchev–Trinajstić information content (AvgIpc) is 2.27. The molecule has 0 amide bonds. The van der Waals surface area contributed by atoms with Gasteiger partial charge in [0.2, 0.25) is 0 Å². The summed E-state index contributed by atoms with van der Waals surface area (Å²) in [4.78, 5) is 0. The minimum absolute atomic E-state index is 0.342. The standard InChI is InChI=1S/C17H27N/c1-12-5-4-6-16(10-12)17(18)11-15-8-13(2)7-14(3)9-15/h7-9,12,16-17H,4-6,10-11,18H2,1-3H3. The smallest absolute Gasteiger partial charge is 0.0108 e. The molecule has 0 saturated heterocycles. The molecule has 0 aliphatic heterocycles. The van der Waals surface area contributed by atoms with Crippen LogP contribution in [-0.2, 0) is 6.42 Å². The average molecular weight is 245 g/mol. The van der Waals surface area contributed by atoms with E-state index in [0.29, 0.717) is 6.04 Å². The predicted octanol–water partition coefficient (Wildman–Crippen LogP) is 4.00. The van der Waals surface area contributed by atoms with E-state index in [4.69, 9.17) is 5.73 Å². The Bertz CT molecular complexity index is 376. The SMILES string of the molecule is Cc1cc(C)cc(CC(N)C2CCCC(C)C2)c1. The van der Waals surface area contributed by atoms with Gasteiger partial charge in [-0.2, -0.15) is 0 Å². The Hall–Kier alpha value is -0.820. The molecule has 18 heavy (non-hydrogen) atoms. The van der Waals surface area contributed by atoms with Crippen LogP contribution in [0.3, 0.4) is 0 Å². The molecule has 3 atom stereocenters. The van der Waals surface area contributed by atoms with Crippen LogP contribution in [0.1, 0.15) is 49.3 Å². The maximum absolute atomic E-state index is 6.44. The number of aryl methyl sites for hydroxylation is 2. The lowest BCUT2D eigenvalue weighted by Crippen LogP contribution is -2.35. The summed E-state index contributed by atoms with van der Waals surface area (Å²) in [5.41, 5.74) is 10.6. The quantitative estimate of drug-likeness (QED) is 0.856. The van der Waals surface area contributed by atoms with Crippen LogP contribution in [0.25, 0.3) is 0 Å². The van der Waals surface area contributed by atoms with Crippen LogP contribution in [0, 0.1) is 25.7 Å². The Labute approximate surface area is 112 Å². The summed E-state index contributed by atoms with van der Waals surface area (Å²) < 4.78 is 0. The summed E-state index contributed by atoms with van der Waals surface area (Å²) in [5, 5.41) is 0. The van der Waals surface area contributed by atoms with Gasteiger partial charge in [-0.05, 0) is 50.5 Å². The summed E-state index contributed by atoms with van der Waals surface area (Å²) in [7, 11) is 0. The molecule has 1 aromatic carbocycles. The Kier molecular flexibility index (Phi) is 4.45. The van der Waals surface area contributed by atoms with Crippen LogP contribution in [0.4, 0.5) is 0 Å². The summed E-state index contributed by atoms with van der Waals surface area (Å²) in [5.74, 6) is 1.60. The Morgan fingerprint density at radius 1 is 1.17 bits per heavy atom. The highest BCUT2D eigenvalue weighted by Crippen LogP contribution is 2.31. The van der Waals surface area contributed by atoms with Crippen molar-refractivity contribution in [2.24, 2.45) is 17.6 Å². The van der Waals surface area contributed by atoms with Crippen molar-refractivity contribution < 1.29 is 0 Å². The van der Waals surface area contributed by atoms with Crippen LogP contribution in [-0.4, -0.2) is 6.04 Å². The first kappa shape index (κ1) is 13.6. The molecule has 0 spiro atoms. The van der Waals surface area contributed by atoms with Crippen LogP contribution in [0.2, 0.25) is 0 Å². The zero-order chi connectivity index (χ0) is 13.1. The maximum Gasteiger partial charge on any atom is 0.0108 e. The van der Waals surface area contributed by atoms with Crippen LogP contribution >= 0.6 is 0 Å². The molecule has 2 rings (SSSR count). The first-order valence-corrected chi connectivity index (χ1v) is 7.37. The number of benzene rings is 1. The molecule has 1 aliphatic carbocycles. The van der Waals surface area contributed by atoms with Crippen molar-refractivity contribution in [3.63, 3.8) is 0 Å². The van der Waals surface area contributed by atoms with Gasteiger partial charge in [0, 0.05) is 6.04 Å². The highest BCUT2D eigenvalue weighted by atomic mass is 14.7. The van der Waals surface area contributed by atoms with Crippen molar-refractivity contribution in [1.29, 1.82) is 0 Å². The van der Waals surface area contributed by atoms with Crippen LogP contribution < -0.4 is 5.73 Å². The van der Waals surface area contributed by atoms with Gasteiger partial charge in [0.25, 0.3) is 0 Å². The van der Waals surface area contributed by atoms with Gasteiger partial charge in [-0.3, -0.25) is 0 Å². The van der Waals surface area contributed by atoms with Crippen LogP contribution in [0.5, 0.6) is 0 Å². The van der Waals surface area contributed by atoms with Gasteiger partial charge >= 0.3 is 0 Å². The van der Waals surface area contributed by atoms with Crippen molar-refractivity contribution in [1.82, 2.24) is 0 Å². The monoisotopic (exact) mass is 245 g/mol. The van der Waals surface area contributed by atoms with Crippen molar-refractivity contribution in [2.75, 3.05) is 0 Å². The molecule has 1 saturated carbocycles. The van der Waals surface area contributed by atoms with Gasteiger partial charge in [0.1, 0.15) is 0 Å². The fraction of sp³-hybridized carbons (Fsp3) is 0.647. The molecule has 0 heterocycles. The summed E-state index contributed by atoms with van der Waals surface area (Å²) in [6.07, 6.45) is 6.46. The molecular weight excluding hydrogens is 218 g/mol. The second kappa shape index (κ2) is 5.88. The lowest BCUT2D eigenvalue weighted by Gasteiger charge is -2.31. The molecule has 0 radical (unpaired) electrons. The third-order valence-electron chi connectivity index (χ3n) is 4.34. The zero-order valence-corrected chi connectivity index (χ0v) is 12.1. The molecule has 1 heteroatoms. The largest absolute Gasteiger partial charge is 0.327 e. The molecule has 100 valence electrons. The van der Waals surface area contributed by atoms with E-state index in [1.165, 1.54) is 42.4 Å². The summed E-state index contributed by atoms with van der Waals surface area (Å²) >= 11 is 0. The van der Waals surface area contributed by atoms with Crippen molar-refractivity contribution in [3.05, 3.63) is 34.9 Å². The van der Waals surface area contributed by atoms with E-state index in [-0.39, 0.29) is 0 Å². The fourth-order valence-electron chi connectivity index (χ4n) is 3.50. The van der Waals surface area contributed by atoms with Crippen molar-refractivity contribution in [2.45, 2.75) is 58.9 Å². The third-order valence-corrected chi connectivity index (χ3v) is 4.34. The number of rotatable bonds is 3. The first-order valence-electron chi connectivity index (χ1n) is 7.37. The van der Waals surface area contributed by atoms with Crippen molar-refractivity contribution >= 4 is 0 Å². The van der Waals surface area contributed by atoms with Gasteiger partial charge in [-0.15, -0.1) is 0 Å². The minimum atomic E-state index is 0.342. The van der Waals surface area contributed by atoms with Gasteiger partial charge in [-0.25, -0.2) is 0 Å². The molecule has 1 fully saturated rings. The number of hydrogen-bond acceptors (Lipinski definition) is 1. The Morgan fingerprint density at radius 2 is 1.83 bits per heavy atom. The number of hydrogen-bond donors (Lipinski definition) is 1. The highest BCUT2D eigenvalue weighted by molar-refractivity contribution is 5.29. The molecule has 3 unspecified atom stereocenters. The topological polar surface area (TPSA) is 26.0 Å². The van der Waals surface area contributed by atoms with E-state index >= 15 is 0 Å². The van der Waals surface area contributed by atoms with E-state index in [9.17, 15) is 0 Å². The first-order chi connectivity index (χ1) is 8.54. The van der Waals surface area contributed by atoms with Gasteiger partial charge in [0.05, 0.1) is 0 Å². The second-order valence-electron chi connectivity index (χ2n) is 6.40. The molecule has 1 aliphatic rings. The molecule has 1 aromatic rings. The molecular formula is C17H27N. The zero-order valence-electron chi connectivity index (χ0n) is 12.1. The molecule has 2 N–H and O–H groups in total. The van der Waals surface area contributed by atoms with Gasteiger partial charge in [-0.1, -0.05) is 49.1 Å². The number of nitrogens with two attached hydrogens (primary N) is 1. The normalized spacial score (nSPS) is 26.0. The van der Waals surface area contributed by atoms with Crippen LogP contribution in [0.15, 0.2) is 18.2 Å². The van der Waals surface area contributed by atoms with E-state index in [0.717, 1.165) is 18.3 Å².